The van der Waals surface area contributed by atoms with Crippen molar-refractivity contribution in [3.8, 4) is 5.75 Å². The first kappa shape index (κ1) is 14.9. The van der Waals surface area contributed by atoms with Crippen molar-refractivity contribution in [1.82, 2.24) is 5.16 Å². The van der Waals surface area contributed by atoms with Crippen LogP contribution in [-0.2, 0) is 22.6 Å². The van der Waals surface area contributed by atoms with Crippen LogP contribution in [0.3, 0.4) is 0 Å². The third-order valence-corrected chi connectivity index (χ3v) is 4.04. The third kappa shape index (κ3) is 2.95. The first-order valence-corrected chi connectivity index (χ1v) is 7.42. The monoisotopic (exact) mass is 321 g/mol. The summed E-state index contributed by atoms with van der Waals surface area (Å²) in [6.45, 7) is 4.10. The summed E-state index contributed by atoms with van der Waals surface area (Å²) < 4.78 is 16.0. The van der Waals surface area contributed by atoms with Gasteiger partial charge in [0.15, 0.2) is 0 Å². The maximum absolute atomic E-state index is 12.2. The average Bonchev–Trinajstić information content (AvgIpc) is 2.83. The van der Waals surface area contributed by atoms with Gasteiger partial charge in [-0.1, -0.05) is 16.8 Å². The molecule has 0 bridgehead atoms. The number of hydrogen-bond acceptors (Lipinski definition) is 5. The Morgan fingerprint density at radius 2 is 2.27 bits per heavy atom. The van der Waals surface area contributed by atoms with Gasteiger partial charge in [0.25, 0.3) is 0 Å². The van der Waals surface area contributed by atoms with E-state index in [-0.39, 0.29) is 18.5 Å². The van der Waals surface area contributed by atoms with E-state index in [1.807, 2.05) is 19.1 Å². The van der Waals surface area contributed by atoms with Crippen molar-refractivity contribution in [2.24, 2.45) is 5.92 Å². The minimum atomic E-state index is -0.327. The summed E-state index contributed by atoms with van der Waals surface area (Å²) in [5.41, 5.74) is 2.48. The van der Waals surface area contributed by atoms with Gasteiger partial charge in [-0.05, 0) is 44.0 Å². The molecule has 0 unspecified atom stereocenters. The van der Waals surface area contributed by atoms with Gasteiger partial charge in [-0.3, -0.25) is 4.79 Å². The van der Waals surface area contributed by atoms with Crippen LogP contribution in [0.2, 0.25) is 5.02 Å². The Hall–Kier alpha value is -2.01. The van der Waals surface area contributed by atoms with Crippen molar-refractivity contribution in [3.63, 3.8) is 0 Å². The number of nitrogens with zero attached hydrogens (tertiary/aromatic N) is 1. The number of hydrogen-bond donors (Lipinski definition) is 0. The normalized spacial score (nSPS) is 16.8. The SMILES string of the molecule is Cc1noc(C)c1COC(=O)[C@H]1COc2ccc(Cl)cc2C1. The first-order chi connectivity index (χ1) is 10.5. The van der Waals surface area contributed by atoms with Gasteiger partial charge in [0, 0.05) is 5.02 Å². The number of carbonyl (C=O) groups excluding carboxylic acids is 1. The van der Waals surface area contributed by atoms with Gasteiger partial charge < -0.3 is 14.0 Å². The van der Waals surface area contributed by atoms with Crippen molar-refractivity contribution in [1.29, 1.82) is 0 Å². The molecular weight excluding hydrogens is 306 g/mol. The number of benzene rings is 1. The Balaban J connectivity index is 1.64. The average molecular weight is 322 g/mol. The molecule has 1 aromatic carbocycles. The predicted octanol–water partition coefficient (Wildman–Crippen LogP) is 3.24. The molecule has 6 heteroatoms. The van der Waals surface area contributed by atoms with Gasteiger partial charge in [-0.2, -0.15) is 0 Å². The van der Waals surface area contributed by atoms with Crippen LogP contribution in [0, 0.1) is 19.8 Å². The number of fused-ring (bicyclic) bond motifs is 1. The molecular formula is C16H16ClNO4. The maximum Gasteiger partial charge on any atom is 0.313 e. The summed E-state index contributed by atoms with van der Waals surface area (Å²) in [6, 6.07) is 5.42. The van der Waals surface area contributed by atoms with E-state index in [1.54, 1.807) is 13.0 Å². The smallest absolute Gasteiger partial charge is 0.313 e. The number of aryl methyl sites for hydroxylation is 2. The lowest BCUT2D eigenvalue weighted by Crippen LogP contribution is -2.29. The second-order valence-corrected chi connectivity index (χ2v) is 5.81. The molecule has 116 valence electrons. The summed E-state index contributed by atoms with van der Waals surface area (Å²) >= 11 is 5.98. The number of rotatable bonds is 3. The highest BCUT2D eigenvalue weighted by molar-refractivity contribution is 6.30. The molecule has 0 aliphatic carbocycles. The van der Waals surface area contributed by atoms with E-state index in [0.717, 1.165) is 22.6 Å². The second kappa shape index (κ2) is 6.01. The second-order valence-electron chi connectivity index (χ2n) is 5.37. The summed E-state index contributed by atoms with van der Waals surface area (Å²) in [7, 11) is 0. The van der Waals surface area contributed by atoms with Gasteiger partial charge >= 0.3 is 5.97 Å². The Labute approximate surface area is 133 Å². The molecule has 3 rings (SSSR count). The minimum Gasteiger partial charge on any atom is -0.492 e. The molecule has 0 amide bonds. The van der Waals surface area contributed by atoms with Crippen LogP contribution < -0.4 is 4.74 Å². The van der Waals surface area contributed by atoms with E-state index < -0.39 is 0 Å². The zero-order valence-corrected chi connectivity index (χ0v) is 13.1. The van der Waals surface area contributed by atoms with Gasteiger partial charge in [-0.15, -0.1) is 0 Å². The maximum atomic E-state index is 12.2. The van der Waals surface area contributed by atoms with Crippen molar-refractivity contribution in [3.05, 3.63) is 45.8 Å². The van der Waals surface area contributed by atoms with E-state index >= 15 is 0 Å². The van der Waals surface area contributed by atoms with E-state index in [0.29, 0.717) is 23.8 Å². The lowest BCUT2D eigenvalue weighted by molar-refractivity contribution is -0.151. The Morgan fingerprint density at radius 1 is 1.45 bits per heavy atom. The lowest BCUT2D eigenvalue weighted by atomic mass is 9.97. The van der Waals surface area contributed by atoms with Gasteiger partial charge in [0.1, 0.15) is 24.7 Å². The van der Waals surface area contributed by atoms with Crippen LogP contribution in [0.5, 0.6) is 5.75 Å². The van der Waals surface area contributed by atoms with Gasteiger partial charge in [-0.25, -0.2) is 0 Å². The number of esters is 1. The largest absolute Gasteiger partial charge is 0.492 e. The van der Waals surface area contributed by atoms with Crippen molar-refractivity contribution in [2.45, 2.75) is 26.9 Å². The highest BCUT2D eigenvalue weighted by Crippen LogP contribution is 2.30. The quantitative estimate of drug-likeness (QED) is 0.812. The third-order valence-electron chi connectivity index (χ3n) is 3.80. The fraction of sp³-hybridized carbons (Fsp3) is 0.375. The van der Waals surface area contributed by atoms with Crippen LogP contribution in [0.15, 0.2) is 22.7 Å². The van der Waals surface area contributed by atoms with Crippen LogP contribution in [0.4, 0.5) is 0 Å². The van der Waals surface area contributed by atoms with E-state index in [1.165, 1.54) is 0 Å². The lowest BCUT2D eigenvalue weighted by Gasteiger charge is -2.24. The van der Waals surface area contributed by atoms with E-state index in [9.17, 15) is 4.79 Å². The van der Waals surface area contributed by atoms with Crippen LogP contribution in [0.25, 0.3) is 0 Å². The molecule has 2 heterocycles. The molecule has 0 saturated heterocycles. The minimum absolute atomic E-state index is 0.166. The molecule has 0 saturated carbocycles. The van der Waals surface area contributed by atoms with Crippen LogP contribution in [0.1, 0.15) is 22.6 Å². The molecule has 0 fully saturated rings. The van der Waals surface area contributed by atoms with Crippen molar-refractivity contribution >= 4 is 17.6 Å². The predicted molar refractivity (Wildman–Crippen MR) is 79.9 cm³/mol. The fourth-order valence-corrected chi connectivity index (χ4v) is 2.68. The molecule has 1 aromatic heterocycles. The molecule has 0 N–H and O–H groups in total. The number of aromatic nitrogens is 1. The fourth-order valence-electron chi connectivity index (χ4n) is 2.48. The van der Waals surface area contributed by atoms with Gasteiger partial charge in [0.2, 0.25) is 0 Å². The Morgan fingerprint density at radius 3 is 3.00 bits per heavy atom. The standard InChI is InChI=1S/C16H16ClNO4/c1-9-14(10(2)22-18-9)8-21-16(19)12-5-11-6-13(17)3-4-15(11)20-7-12/h3-4,6,12H,5,7-8H2,1-2H3/t12-/m1/s1. The molecule has 1 aliphatic rings. The van der Waals surface area contributed by atoms with E-state index in [4.69, 9.17) is 25.6 Å². The number of ether oxygens (including phenoxy) is 2. The molecule has 1 atom stereocenters. The number of halogens is 1. The molecule has 2 aromatic rings. The van der Waals surface area contributed by atoms with Gasteiger partial charge in [0.05, 0.1) is 17.2 Å². The molecule has 22 heavy (non-hydrogen) atoms. The first-order valence-electron chi connectivity index (χ1n) is 7.04. The summed E-state index contributed by atoms with van der Waals surface area (Å²) in [5.74, 6) is 0.832. The summed E-state index contributed by atoms with van der Waals surface area (Å²) in [5, 5.41) is 4.47. The Kier molecular flexibility index (Phi) is 4.07. The number of carbonyl (C=O) groups is 1. The highest BCUT2D eigenvalue weighted by atomic mass is 35.5. The molecule has 0 spiro atoms. The zero-order chi connectivity index (χ0) is 15.7. The van der Waals surface area contributed by atoms with Crippen LogP contribution in [-0.4, -0.2) is 17.7 Å². The van der Waals surface area contributed by atoms with Crippen molar-refractivity contribution in [2.75, 3.05) is 6.61 Å². The summed E-state index contributed by atoms with van der Waals surface area (Å²) in [4.78, 5) is 12.2. The summed E-state index contributed by atoms with van der Waals surface area (Å²) in [6.07, 6.45) is 0.566. The van der Waals surface area contributed by atoms with Crippen LogP contribution >= 0.6 is 11.6 Å². The zero-order valence-electron chi connectivity index (χ0n) is 12.4. The van der Waals surface area contributed by atoms with E-state index in [2.05, 4.69) is 5.16 Å². The Bertz CT molecular complexity index is 691. The molecule has 0 radical (unpaired) electrons. The molecule has 1 aliphatic heterocycles. The van der Waals surface area contributed by atoms with Crippen molar-refractivity contribution < 1.29 is 18.8 Å². The highest BCUT2D eigenvalue weighted by Gasteiger charge is 2.28. The molecule has 5 nitrogen and oxygen atoms in total. The topological polar surface area (TPSA) is 61.6 Å².